The van der Waals surface area contributed by atoms with Gasteiger partial charge < -0.3 is 25.2 Å². The molecule has 2 fully saturated rings. The van der Waals surface area contributed by atoms with Crippen LogP contribution in [0.15, 0.2) is 71.9 Å². The lowest BCUT2D eigenvalue weighted by Crippen LogP contribution is -2.58. The van der Waals surface area contributed by atoms with E-state index < -0.39 is 28.5 Å². The third-order valence-electron chi connectivity index (χ3n) is 7.70. The van der Waals surface area contributed by atoms with E-state index in [0.717, 1.165) is 10.8 Å². The Morgan fingerprint density at radius 2 is 1.70 bits per heavy atom. The summed E-state index contributed by atoms with van der Waals surface area (Å²) < 4.78 is 33.8. The number of rotatable bonds is 10. The summed E-state index contributed by atoms with van der Waals surface area (Å²) in [7, 11) is -4.02. The standard InChI is InChI=1S/C30H36N6O6S/c37-28(20-33-43(40,41)26-6-5-22-3-1-2-4-24(22)19-26)34-27(30(39)35-15-17-42-18-16-35)21-36(25-9-13-32-14-10-25)29(38)23-7-11-31-12-8-23/h1-6,9-10,13-14,19,23,27,31,33H,7-8,11-12,15-18,20-21H2,(H,34,37). The van der Waals surface area contributed by atoms with Gasteiger partial charge in [-0.15, -0.1) is 0 Å². The number of anilines is 1. The van der Waals surface area contributed by atoms with Gasteiger partial charge in [-0.2, -0.15) is 0 Å². The van der Waals surface area contributed by atoms with E-state index in [4.69, 9.17) is 4.74 Å². The number of pyridine rings is 1. The van der Waals surface area contributed by atoms with Crippen molar-refractivity contribution in [3.63, 3.8) is 0 Å². The van der Waals surface area contributed by atoms with Crippen molar-refractivity contribution >= 4 is 44.2 Å². The quantitative estimate of drug-likeness (QED) is 0.307. The van der Waals surface area contributed by atoms with Gasteiger partial charge in [-0.1, -0.05) is 30.3 Å². The average molecular weight is 609 g/mol. The molecule has 3 N–H and O–H groups in total. The second kappa shape index (κ2) is 14.0. The van der Waals surface area contributed by atoms with Crippen molar-refractivity contribution in [3.8, 4) is 0 Å². The summed E-state index contributed by atoms with van der Waals surface area (Å²) in [4.78, 5) is 47.8. The van der Waals surface area contributed by atoms with Crippen LogP contribution in [0.5, 0.6) is 0 Å². The molecular formula is C30H36N6O6S. The maximum absolute atomic E-state index is 13.8. The molecule has 3 amide bonds. The summed E-state index contributed by atoms with van der Waals surface area (Å²) in [6, 6.07) is 14.4. The molecule has 0 spiro atoms. The summed E-state index contributed by atoms with van der Waals surface area (Å²) in [5.41, 5.74) is 0.560. The van der Waals surface area contributed by atoms with Crippen molar-refractivity contribution in [2.45, 2.75) is 23.8 Å². The number of nitrogens with zero attached hydrogens (tertiary/aromatic N) is 3. The van der Waals surface area contributed by atoms with Crippen molar-refractivity contribution in [3.05, 3.63) is 67.0 Å². The molecule has 5 rings (SSSR count). The van der Waals surface area contributed by atoms with Crippen LogP contribution in [0.1, 0.15) is 12.8 Å². The predicted octanol–water partition coefficient (Wildman–Crippen LogP) is 0.890. The highest BCUT2D eigenvalue weighted by molar-refractivity contribution is 7.89. The van der Waals surface area contributed by atoms with Crippen LogP contribution in [-0.4, -0.2) is 94.5 Å². The number of carbonyl (C=O) groups is 3. The number of hydrogen-bond donors (Lipinski definition) is 3. The molecule has 0 bridgehead atoms. The van der Waals surface area contributed by atoms with Crippen LogP contribution in [-0.2, 0) is 29.1 Å². The minimum Gasteiger partial charge on any atom is -0.378 e. The normalized spacial score (nSPS) is 16.9. The van der Waals surface area contributed by atoms with Crippen molar-refractivity contribution in [1.29, 1.82) is 0 Å². The van der Waals surface area contributed by atoms with E-state index in [1.54, 1.807) is 41.6 Å². The molecule has 3 heterocycles. The number of benzene rings is 2. The Balaban J connectivity index is 1.33. The van der Waals surface area contributed by atoms with E-state index in [-0.39, 0.29) is 29.2 Å². The van der Waals surface area contributed by atoms with Gasteiger partial charge in [0.2, 0.25) is 27.7 Å². The smallest absolute Gasteiger partial charge is 0.247 e. The maximum atomic E-state index is 13.8. The van der Waals surface area contributed by atoms with E-state index >= 15 is 0 Å². The summed E-state index contributed by atoms with van der Waals surface area (Å²) in [6.45, 7) is 2.13. The van der Waals surface area contributed by atoms with Crippen molar-refractivity contribution in [2.75, 3.05) is 57.4 Å². The molecule has 2 aliphatic heterocycles. The van der Waals surface area contributed by atoms with Gasteiger partial charge in [0, 0.05) is 37.1 Å². The van der Waals surface area contributed by atoms with E-state index in [1.807, 2.05) is 24.3 Å². The molecule has 13 heteroatoms. The van der Waals surface area contributed by atoms with Crippen molar-refractivity contribution < 1.29 is 27.5 Å². The average Bonchev–Trinajstić information content (AvgIpc) is 3.06. The van der Waals surface area contributed by atoms with Gasteiger partial charge in [-0.05, 0) is 61.0 Å². The molecule has 2 aromatic carbocycles. The minimum absolute atomic E-state index is 0.0244. The Kier molecular flexibility index (Phi) is 9.97. The van der Waals surface area contributed by atoms with E-state index in [1.165, 1.54) is 11.0 Å². The third kappa shape index (κ3) is 7.73. The Hall–Kier alpha value is -3.91. The number of morpholine rings is 1. The van der Waals surface area contributed by atoms with Crippen LogP contribution in [0.25, 0.3) is 10.8 Å². The molecule has 1 atom stereocenters. The van der Waals surface area contributed by atoms with Crippen LogP contribution >= 0.6 is 0 Å². The third-order valence-corrected chi connectivity index (χ3v) is 9.10. The van der Waals surface area contributed by atoms with Gasteiger partial charge in [-0.3, -0.25) is 19.4 Å². The zero-order valence-corrected chi connectivity index (χ0v) is 24.6. The lowest BCUT2D eigenvalue weighted by molar-refractivity contribution is -0.139. The van der Waals surface area contributed by atoms with Crippen molar-refractivity contribution in [2.24, 2.45) is 5.92 Å². The first kappa shape index (κ1) is 30.5. The Labute approximate surface area is 250 Å². The first-order chi connectivity index (χ1) is 20.8. The monoisotopic (exact) mass is 608 g/mol. The number of sulfonamides is 1. The first-order valence-electron chi connectivity index (χ1n) is 14.4. The molecule has 0 aliphatic carbocycles. The molecule has 1 aromatic heterocycles. The molecule has 2 aliphatic rings. The number of aromatic nitrogens is 1. The second-order valence-electron chi connectivity index (χ2n) is 10.6. The van der Waals surface area contributed by atoms with Crippen molar-refractivity contribution in [1.82, 2.24) is 25.2 Å². The lowest BCUT2D eigenvalue weighted by atomic mass is 9.96. The van der Waals surface area contributed by atoms with Gasteiger partial charge in [0.15, 0.2) is 0 Å². The second-order valence-corrected chi connectivity index (χ2v) is 12.3. The van der Waals surface area contributed by atoms with Crippen LogP contribution < -0.4 is 20.3 Å². The van der Waals surface area contributed by atoms with Gasteiger partial charge in [0.25, 0.3) is 0 Å². The fraction of sp³-hybridized carbons (Fsp3) is 0.400. The zero-order chi connectivity index (χ0) is 30.2. The highest BCUT2D eigenvalue weighted by Crippen LogP contribution is 2.22. The van der Waals surface area contributed by atoms with Gasteiger partial charge >= 0.3 is 0 Å². The molecule has 3 aromatic rings. The molecule has 43 heavy (non-hydrogen) atoms. The molecule has 0 radical (unpaired) electrons. The molecule has 0 saturated carbocycles. The number of carbonyl (C=O) groups excluding carboxylic acids is 3. The first-order valence-corrected chi connectivity index (χ1v) is 15.9. The van der Waals surface area contributed by atoms with Gasteiger partial charge in [0.1, 0.15) is 6.04 Å². The van der Waals surface area contributed by atoms with Crippen LogP contribution in [0.2, 0.25) is 0 Å². The molecular weight excluding hydrogens is 572 g/mol. The Morgan fingerprint density at radius 3 is 2.42 bits per heavy atom. The summed E-state index contributed by atoms with van der Waals surface area (Å²) >= 11 is 0. The van der Waals surface area contributed by atoms with E-state index in [2.05, 4.69) is 20.3 Å². The number of fused-ring (bicyclic) bond motifs is 1. The zero-order valence-electron chi connectivity index (χ0n) is 23.8. The molecule has 1 unspecified atom stereocenters. The topological polar surface area (TPSA) is 150 Å². The minimum atomic E-state index is -4.02. The SMILES string of the molecule is O=C(CNS(=O)(=O)c1ccc2ccccc2c1)NC(CN(C(=O)C1CCNCC1)c1ccncc1)C(=O)N1CCOCC1. The Morgan fingerprint density at radius 1 is 1.00 bits per heavy atom. The maximum Gasteiger partial charge on any atom is 0.247 e. The lowest BCUT2D eigenvalue weighted by Gasteiger charge is -2.35. The van der Waals surface area contributed by atoms with Gasteiger partial charge in [-0.25, -0.2) is 13.1 Å². The predicted molar refractivity (Wildman–Crippen MR) is 161 cm³/mol. The summed E-state index contributed by atoms with van der Waals surface area (Å²) in [5.74, 6) is -1.44. The fourth-order valence-electron chi connectivity index (χ4n) is 5.33. The van der Waals surface area contributed by atoms with Gasteiger partial charge in [0.05, 0.1) is 31.2 Å². The van der Waals surface area contributed by atoms with E-state index in [9.17, 15) is 22.8 Å². The highest BCUT2D eigenvalue weighted by Gasteiger charge is 2.34. The van der Waals surface area contributed by atoms with E-state index in [0.29, 0.717) is 57.9 Å². The number of amides is 3. The molecule has 2 saturated heterocycles. The molecule has 12 nitrogen and oxygen atoms in total. The number of hydrogen-bond acceptors (Lipinski definition) is 8. The summed E-state index contributed by atoms with van der Waals surface area (Å²) in [5, 5.41) is 7.60. The number of piperidine rings is 1. The highest BCUT2D eigenvalue weighted by atomic mass is 32.2. The molecule has 228 valence electrons. The number of ether oxygens (including phenoxy) is 1. The summed E-state index contributed by atoms with van der Waals surface area (Å²) in [6.07, 6.45) is 4.45. The Bertz CT molecular complexity index is 1540. The van der Waals surface area contributed by atoms with Crippen LogP contribution in [0, 0.1) is 5.92 Å². The largest absolute Gasteiger partial charge is 0.378 e. The van der Waals surface area contributed by atoms with Crippen LogP contribution in [0.3, 0.4) is 0 Å². The fourth-order valence-corrected chi connectivity index (χ4v) is 6.35. The number of nitrogens with one attached hydrogen (secondary N) is 3. The van der Waals surface area contributed by atoms with Crippen LogP contribution in [0.4, 0.5) is 5.69 Å².